The van der Waals surface area contributed by atoms with Crippen molar-refractivity contribution in [3.8, 4) is 0 Å². The monoisotopic (exact) mass is 309 g/mol. The van der Waals surface area contributed by atoms with Crippen LogP contribution in [0.3, 0.4) is 0 Å². The number of rotatable bonds is 5. The van der Waals surface area contributed by atoms with Crippen LogP contribution in [0.4, 0.5) is 5.69 Å². The second-order valence-electron chi connectivity index (χ2n) is 4.91. The summed E-state index contributed by atoms with van der Waals surface area (Å²) in [6, 6.07) is 17.4. The third-order valence-corrected chi connectivity index (χ3v) is 4.18. The minimum Gasteiger partial charge on any atom is -0.291 e. The lowest BCUT2D eigenvalue weighted by Gasteiger charge is -2.01. The number of fused-ring (bicyclic) bond motifs is 1. The fourth-order valence-electron chi connectivity index (χ4n) is 2.01. The van der Waals surface area contributed by atoms with E-state index >= 15 is 0 Å². The van der Waals surface area contributed by atoms with Crippen LogP contribution in [0.5, 0.6) is 0 Å². The maximum Gasteiger partial charge on any atom is 0.197 e. The summed E-state index contributed by atoms with van der Waals surface area (Å²) in [7, 11) is 0. The van der Waals surface area contributed by atoms with Crippen molar-refractivity contribution in [3.05, 3.63) is 59.6 Å². The first-order valence-corrected chi connectivity index (χ1v) is 7.77. The average molecular weight is 309 g/mol. The van der Waals surface area contributed by atoms with Crippen LogP contribution in [-0.4, -0.2) is 16.5 Å². The maximum absolute atomic E-state index is 12.3. The fourth-order valence-corrected chi connectivity index (χ4v) is 2.91. The fraction of sp³-hybridized carbons (Fsp3) is 0.118. The van der Waals surface area contributed by atoms with E-state index in [4.69, 9.17) is 0 Å². The van der Waals surface area contributed by atoms with Gasteiger partial charge in [0, 0.05) is 5.71 Å². The number of hydrogen-bond donors (Lipinski definition) is 1. The SMILES string of the molecule is CC(CC(=O)c1nc2ccccc2s1)=NNc1ccccc1. The Morgan fingerprint density at radius 3 is 2.64 bits per heavy atom. The van der Waals surface area contributed by atoms with E-state index in [0.717, 1.165) is 21.6 Å². The zero-order valence-electron chi connectivity index (χ0n) is 12.1. The number of hydrogen-bond acceptors (Lipinski definition) is 5. The molecule has 110 valence electrons. The molecule has 0 saturated heterocycles. The molecule has 22 heavy (non-hydrogen) atoms. The second-order valence-corrected chi connectivity index (χ2v) is 5.94. The molecule has 0 unspecified atom stereocenters. The molecule has 2 aromatic carbocycles. The van der Waals surface area contributed by atoms with Crippen molar-refractivity contribution < 1.29 is 4.79 Å². The molecule has 1 aromatic heterocycles. The Labute approximate surface area is 132 Å². The number of nitrogens with zero attached hydrogens (tertiary/aromatic N) is 2. The van der Waals surface area contributed by atoms with Crippen molar-refractivity contribution in [2.24, 2.45) is 5.10 Å². The maximum atomic E-state index is 12.3. The van der Waals surface area contributed by atoms with E-state index in [1.807, 2.05) is 61.5 Å². The van der Waals surface area contributed by atoms with Crippen LogP contribution in [0.25, 0.3) is 10.2 Å². The molecule has 3 rings (SSSR count). The number of benzene rings is 2. The molecular formula is C17H15N3OS. The van der Waals surface area contributed by atoms with Gasteiger partial charge in [-0.25, -0.2) is 4.98 Å². The van der Waals surface area contributed by atoms with Crippen molar-refractivity contribution in [1.29, 1.82) is 0 Å². The molecule has 0 aliphatic carbocycles. The highest BCUT2D eigenvalue weighted by molar-refractivity contribution is 7.20. The summed E-state index contributed by atoms with van der Waals surface area (Å²) in [6.45, 7) is 1.83. The zero-order chi connectivity index (χ0) is 15.4. The summed E-state index contributed by atoms with van der Waals surface area (Å²) in [5.41, 5.74) is 5.44. The van der Waals surface area contributed by atoms with Crippen LogP contribution in [0, 0.1) is 0 Å². The molecule has 1 heterocycles. The van der Waals surface area contributed by atoms with Crippen LogP contribution in [0.2, 0.25) is 0 Å². The van der Waals surface area contributed by atoms with Gasteiger partial charge in [-0.3, -0.25) is 10.2 Å². The predicted molar refractivity (Wildman–Crippen MR) is 91.7 cm³/mol. The van der Waals surface area contributed by atoms with Gasteiger partial charge in [-0.05, 0) is 31.2 Å². The third-order valence-electron chi connectivity index (χ3n) is 3.10. The molecule has 5 heteroatoms. The quantitative estimate of drug-likeness (QED) is 0.433. The minimum absolute atomic E-state index is 0.00249. The first-order chi connectivity index (χ1) is 10.7. The molecule has 3 aromatic rings. The number of Topliss-reactive ketones (excluding diaryl/α,β-unsaturated/α-hetero) is 1. The van der Waals surface area contributed by atoms with Gasteiger partial charge >= 0.3 is 0 Å². The summed E-state index contributed by atoms with van der Waals surface area (Å²) < 4.78 is 1.03. The molecule has 0 amide bonds. The Morgan fingerprint density at radius 2 is 1.86 bits per heavy atom. The molecule has 0 bridgehead atoms. The number of para-hydroxylation sites is 2. The van der Waals surface area contributed by atoms with Gasteiger partial charge in [0.15, 0.2) is 10.8 Å². The van der Waals surface area contributed by atoms with Crippen molar-refractivity contribution in [2.75, 3.05) is 5.43 Å². The molecule has 0 aliphatic heterocycles. The molecule has 0 atom stereocenters. The lowest BCUT2D eigenvalue weighted by atomic mass is 10.2. The Morgan fingerprint density at radius 1 is 1.14 bits per heavy atom. The normalized spacial score (nSPS) is 11.6. The summed E-state index contributed by atoms with van der Waals surface area (Å²) in [4.78, 5) is 16.7. The number of carbonyl (C=O) groups is 1. The van der Waals surface area contributed by atoms with Crippen LogP contribution < -0.4 is 5.43 Å². The molecule has 0 aliphatic rings. The van der Waals surface area contributed by atoms with E-state index in [2.05, 4.69) is 15.5 Å². The number of thiazole rings is 1. The van der Waals surface area contributed by atoms with E-state index in [0.29, 0.717) is 5.01 Å². The number of hydrazone groups is 1. The van der Waals surface area contributed by atoms with Gasteiger partial charge in [-0.15, -0.1) is 11.3 Å². The van der Waals surface area contributed by atoms with Gasteiger partial charge < -0.3 is 0 Å². The molecular weight excluding hydrogens is 294 g/mol. The van der Waals surface area contributed by atoms with Crippen molar-refractivity contribution in [3.63, 3.8) is 0 Å². The highest BCUT2D eigenvalue weighted by Crippen LogP contribution is 2.22. The largest absolute Gasteiger partial charge is 0.291 e. The Hall–Kier alpha value is -2.53. The standard InChI is InChI=1S/C17H15N3OS/c1-12(19-20-13-7-3-2-4-8-13)11-15(21)17-18-14-9-5-6-10-16(14)22-17/h2-10,20H,11H2,1H3. The number of carbonyl (C=O) groups excluding carboxylic acids is 1. The Balaban J connectivity index is 1.68. The molecule has 4 nitrogen and oxygen atoms in total. The summed E-state index contributed by atoms with van der Waals surface area (Å²) in [5.74, 6) is -0.00249. The van der Waals surface area contributed by atoms with Gasteiger partial charge in [0.05, 0.1) is 22.3 Å². The summed E-state index contributed by atoms with van der Waals surface area (Å²) >= 11 is 1.43. The van der Waals surface area contributed by atoms with Crippen molar-refractivity contribution in [2.45, 2.75) is 13.3 Å². The third kappa shape index (κ3) is 3.38. The lowest BCUT2D eigenvalue weighted by Crippen LogP contribution is -2.06. The highest BCUT2D eigenvalue weighted by atomic mass is 32.1. The average Bonchev–Trinajstić information content (AvgIpc) is 2.98. The van der Waals surface area contributed by atoms with Gasteiger partial charge in [-0.2, -0.15) is 5.10 Å². The zero-order valence-corrected chi connectivity index (χ0v) is 12.9. The van der Waals surface area contributed by atoms with Gasteiger partial charge in [0.1, 0.15) is 0 Å². The van der Waals surface area contributed by atoms with Crippen molar-refractivity contribution >= 4 is 38.7 Å². The first kappa shape index (κ1) is 14.4. The van der Waals surface area contributed by atoms with Crippen LogP contribution in [-0.2, 0) is 0 Å². The Kier molecular flexibility index (Phi) is 4.25. The van der Waals surface area contributed by atoms with E-state index in [1.165, 1.54) is 11.3 Å². The van der Waals surface area contributed by atoms with Crippen LogP contribution >= 0.6 is 11.3 Å². The Bertz CT molecular complexity index is 791. The lowest BCUT2D eigenvalue weighted by molar-refractivity contribution is 0.100. The van der Waals surface area contributed by atoms with Gasteiger partial charge in [-0.1, -0.05) is 30.3 Å². The number of aromatic nitrogens is 1. The summed E-state index contributed by atoms with van der Waals surface area (Å²) in [6.07, 6.45) is 0.264. The topological polar surface area (TPSA) is 54.4 Å². The van der Waals surface area contributed by atoms with E-state index in [9.17, 15) is 4.79 Å². The number of anilines is 1. The first-order valence-electron chi connectivity index (χ1n) is 6.95. The van der Waals surface area contributed by atoms with E-state index in [1.54, 1.807) is 0 Å². The van der Waals surface area contributed by atoms with Crippen molar-refractivity contribution in [1.82, 2.24) is 4.98 Å². The van der Waals surface area contributed by atoms with Crippen LogP contribution in [0.15, 0.2) is 59.7 Å². The highest BCUT2D eigenvalue weighted by Gasteiger charge is 2.13. The van der Waals surface area contributed by atoms with Crippen LogP contribution in [0.1, 0.15) is 23.1 Å². The molecule has 1 N–H and O–H groups in total. The molecule has 0 saturated carbocycles. The van der Waals surface area contributed by atoms with Gasteiger partial charge in [0.2, 0.25) is 0 Å². The van der Waals surface area contributed by atoms with E-state index in [-0.39, 0.29) is 12.2 Å². The van der Waals surface area contributed by atoms with Gasteiger partial charge in [0.25, 0.3) is 0 Å². The smallest absolute Gasteiger partial charge is 0.197 e. The number of nitrogens with one attached hydrogen (secondary N) is 1. The molecule has 0 spiro atoms. The second kappa shape index (κ2) is 6.49. The molecule has 0 radical (unpaired) electrons. The van der Waals surface area contributed by atoms with E-state index < -0.39 is 0 Å². The predicted octanol–water partition coefficient (Wildman–Crippen LogP) is 4.36. The summed E-state index contributed by atoms with van der Waals surface area (Å²) in [5, 5.41) is 4.77. The molecule has 0 fully saturated rings. The number of ketones is 1. The minimum atomic E-state index is -0.00249.